The molecule has 1 heterocycles. The second-order valence-corrected chi connectivity index (χ2v) is 15.0. The molecule has 3 heteroatoms. The highest BCUT2D eigenvalue weighted by Gasteiger charge is 2.53. The zero-order chi connectivity index (χ0) is 20.6. The lowest BCUT2D eigenvalue weighted by atomic mass is 9.81. The van der Waals surface area contributed by atoms with E-state index >= 15 is 0 Å². The van der Waals surface area contributed by atoms with Gasteiger partial charge in [-0.25, -0.2) is 0 Å². The zero-order valence-corrected chi connectivity index (χ0v) is 19.7. The third-order valence-corrected chi connectivity index (χ3v) is 11.0. The van der Waals surface area contributed by atoms with E-state index in [9.17, 15) is 0 Å². The Morgan fingerprint density at radius 1 is 0.786 bits per heavy atom. The largest absolute Gasteiger partial charge is 0.404 e. The summed E-state index contributed by atoms with van der Waals surface area (Å²) in [5.41, 5.74) is 0.135. The minimum Gasteiger partial charge on any atom is -0.404 e. The molecule has 0 spiro atoms. The van der Waals surface area contributed by atoms with E-state index in [4.69, 9.17) is 4.43 Å². The molecule has 2 aromatic rings. The summed E-state index contributed by atoms with van der Waals surface area (Å²) in [6.45, 7) is 16.3. The third kappa shape index (κ3) is 4.27. The molecular weight excluding hydrogens is 358 g/mol. The quantitative estimate of drug-likeness (QED) is 0.746. The molecule has 0 radical (unpaired) electrons. The average molecular weight is 396 g/mol. The lowest BCUT2D eigenvalue weighted by Crippen LogP contribution is -2.70. The van der Waals surface area contributed by atoms with Crippen molar-refractivity contribution in [2.45, 2.75) is 83.5 Å². The van der Waals surface area contributed by atoms with Gasteiger partial charge >= 0.3 is 0 Å². The molecule has 152 valence electrons. The Morgan fingerprint density at radius 3 is 1.54 bits per heavy atom. The van der Waals surface area contributed by atoms with Gasteiger partial charge in [-0.1, -0.05) is 81.4 Å². The van der Waals surface area contributed by atoms with Crippen LogP contribution >= 0.6 is 0 Å². The van der Waals surface area contributed by atoms with E-state index < -0.39 is 8.32 Å². The number of benzene rings is 2. The average Bonchev–Trinajstić information content (AvgIpc) is 2.57. The van der Waals surface area contributed by atoms with Crippen molar-refractivity contribution in [3.05, 3.63) is 60.7 Å². The lowest BCUT2D eigenvalue weighted by Gasteiger charge is -2.51. The van der Waals surface area contributed by atoms with Gasteiger partial charge in [0.25, 0.3) is 8.32 Å². The first-order valence-corrected chi connectivity index (χ1v) is 12.4. The van der Waals surface area contributed by atoms with Gasteiger partial charge in [0.05, 0.1) is 0 Å². The number of hydrogen-bond acceptors (Lipinski definition) is 2. The normalized spacial score (nSPS) is 20.1. The molecule has 0 aliphatic carbocycles. The molecule has 1 aliphatic rings. The molecule has 28 heavy (non-hydrogen) atoms. The van der Waals surface area contributed by atoms with Crippen LogP contribution in [0.3, 0.4) is 0 Å². The van der Waals surface area contributed by atoms with Gasteiger partial charge < -0.3 is 9.74 Å². The Bertz CT molecular complexity index is 722. The van der Waals surface area contributed by atoms with Gasteiger partial charge in [-0.3, -0.25) is 0 Å². The van der Waals surface area contributed by atoms with Crippen LogP contribution in [-0.4, -0.2) is 25.5 Å². The highest BCUT2D eigenvalue weighted by atomic mass is 28.4. The Labute approximate surface area is 172 Å². The van der Waals surface area contributed by atoms with Gasteiger partial charge in [0.15, 0.2) is 0 Å². The van der Waals surface area contributed by atoms with Gasteiger partial charge in [0, 0.05) is 17.2 Å². The molecule has 1 aliphatic heterocycles. The Hall–Kier alpha value is -1.42. The number of piperidine rings is 1. The minimum atomic E-state index is -2.49. The first-order valence-electron chi connectivity index (χ1n) is 10.5. The number of hydrogen-bond donors (Lipinski definition) is 1. The van der Waals surface area contributed by atoms with E-state index in [1.54, 1.807) is 0 Å². The molecule has 1 saturated heterocycles. The standard InChI is InChI=1S/C25H37NOSi/c1-23(2,3)28(21-14-10-8-11-15-21,22-16-12-9-13-17-22)27-20-18-24(4,5)26-25(6,7)19-20/h8-17,20,26H,18-19H2,1-7H3. The SMILES string of the molecule is CC1(C)CC(O[Si](c2ccccc2)(c2ccccc2)C(C)(C)C)CC(C)(C)N1. The maximum atomic E-state index is 7.39. The van der Waals surface area contributed by atoms with E-state index in [1.807, 2.05) is 0 Å². The van der Waals surface area contributed by atoms with E-state index in [0.29, 0.717) is 0 Å². The number of nitrogens with one attached hydrogen (secondary N) is 1. The Morgan fingerprint density at radius 2 is 1.18 bits per heavy atom. The fourth-order valence-corrected chi connectivity index (χ4v) is 9.93. The Kier molecular flexibility index (Phi) is 5.65. The van der Waals surface area contributed by atoms with Crippen LogP contribution in [0, 0.1) is 0 Å². The first kappa shape index (κ1) is 21.3. The zero-order valence-electron chi connectivity index (χ0n) is 18.7. The molecule has 0 saturated carbocycles. The van der Waals surface area contributed by atoms with Crippen molar-refractivity contribution in [1.82, 2.24) is 5.32 Å². The summed E-state index contributed by atoms with van der Waals surface area (Å²) in [5, 5.41) is 6.55. The predicted octanol–water partition coefficient (Wildman–Crippen LogP) is 4.87. The summed E-state index contributed by atoms with van der Waals surface area (Å²) in [4.78, 5) is 0. The van der Waals surface area contributed by atoms with Crippen LogP contribution in [0.2, 0.25) is 5.04 Å². The summed E-state index contributed by atoms with van der Waals surface area (Å²) in [7, 11) is -2.49. The maximum Gasteiger partial charge on any atom is 0.261 e. The smallest absolute Gasteiger partial charge is 0.261 e. The van der Waals surface area contributed by atoms with E-state index in [1.165, 1.54) is 10.4 Å². The van der Waals surface area contributed by atoms with Crippen molar-refractivity contribution < 1.29 is 4.43 Å². The van der Waals surface area contributed by atoms with Crippen LogP contribution < -0.4 is 15.7 Å². The van der Waals surface area contributed by atoms with Crippen LogP contribution in [-0.2, 0) is 4.43 Å². The van der Waals surface area contributed by atoms with Crippen LogP contribution in [0.15, 0.2) is 60.7 Å². The molecule has 1 fully saturated rings. The van der Waals surface area contributed by atoms with Crippen LogP contribution in [0.1, 0.15) is 61.3 Å². The second-order valence-electron chi connectivity index (χ2n) is 10.7. The first-order chi connectivity index (χ1) is 13.0. The van der Waals surface area contributed by atoms with Crippen LogP contribution in [0.4, 0.5) is 0 Å². The Balaban J connectivity index is 2.14. The molecule has 0 atom stereocenters. The fraction of sp³-hybridized carbons (Fsp3) is 0.520. The van der Waals surface area contributed by atoms with E-state index in [0.717, 1.165) is 12.8 Å². The summed E-state index contributed by atoms with van der Waals surface area (Å²) in [5.74, 6) is 0. The molecule has 2 nitrogen and oxygen atoms in total. The summed E-state index contributed by atoms with van der Waals surface area (Å²) in [6.07, 6.45) is 2.29. The molecule has 2 aromatic carbocycles. The fourth-order valence-electron chi connectivity index (χ4n) is 5.25. The summed E-state index contributed by atoms with van der Waals surface area (Å²) in [6, 6.07) is 22.0. The molecule has 0 bridgehead atoms. The van der Waals surface area contributed by atoms with Crippen LogP contribution in [0.5, 0.6) is 0 Å². The number of rotatable bonds is 4. The van der Waals surface area contributed by atoms with Crippen molar-refractivity contribution in [2.75, 3.05) is 0 Å². The van der Waals surface area contributed by atoms with Gasteiger partial charge in [-0.15, -0.1) is 0 Å². The topological polar surface area (TPSA) is 21.3 Å². The lowest BCUT2D eigenvalue weighted by molar-refractivity contribution is 0.0495. The molecule has 0 aromatic heterocycles. The highest BCUT2D eigenvalue weighted by Crippen LogP contribution is 2.40. The molecule has 1 N–H and O–H groups in total. The maximum absolute atomic E-state index is 7.39. The van der Waals surface area contributed by atoms with Crippen LogP contribution in [0.25, 0.3) is 0 Å². The third-order valence-electron chi connectivity index (χ3n) is 5.91. The molecule has 3 rings (SSSR count). The summed E-state index contributed by atoms with van der Waals surface area (Å²) < 4.78 is 7.39. The predicted molar refractivity (Wildman–Crippen MR) is 123 cm³/mol. The summed E-state index contributed by atoms with van der Waals surface area (Å²) >= 11 is 0. The van der Waals surface area contributed by atoms with Crippen molar-refractivity contribution in [3.63, 3.8) is 0 Å². The van der Waals surface area contributed by atoms with E-state index in [2.05, 4.69) is 114 Å². The highest BCUT2D eigenvalue weighted by molar-refractivity contribution is 6.99. The monoisotopic (exact) mass is 395 g/mol. The van der Waals surface area contributed by atoms with Gasteiger partial charge in [-0.05, 0) is 55.9 Å². The minimum absolute atomic E-state index is 0.0227. The van der Waals surface area contributed by atoms with Gasteiger partial charge in [-0.2, -0.15) is 0 Å². The van der Waals surface area contributed by atoms with Gasteiger partial charge in [0.2, 0.25) is 0 Å². The van der Waals surface area contributed by atoms with E-state index in [-0.39, 0.29) is 22.2 Å². The molecule has 0 amide bonds. The molecule has 0 unspecified atom stereocenters. The van der Waals surface area contributed by atoms with Crippen molar-refractivity contribution in [3.8, 4) is 0 Å². The molecular formula is C25H37NOSi. The second kappa shape index (κ2) is 7.44. The van der Waals surface area contributed by atoms with Gasteiger partial charge in [0.1, 0.15) is 0 Å². The van der Waals surface area contributed by atoms with Crippen molar-refractivity contribution in [1.29, 1.82) is 0 Å². The van der Waals surface area contributed by atoms with Crippen molar-refractivity contribution >= 4 is 18.7 Å². The van der Waals surface area contributed by atoms with Crippen molar-refractivity contribution in [2.24, 2.45) is 0 Å².